The van der Waals surface area contributed by atoms with Crippen molar-refractivity contribution in [3.05, 3.63) is 28.8 Å². The monoisotopic (exact) mass is 320 g/mol. The zero-order valence-electron chi connectivity index (χ0n) is 15.1. The maximum atomic E-state index is 5.83. The van der Waals surface area contributed by atoms with Gasteiger partial charge >= 0.3 is 0 Å². The highest BCUT2D eigenvalue weighted by Gasteiger charge is 2.21. The Bertz CT molecular complexity index is 500. The molecule has 0 unspecified atom stereocenters. The second kappa shape index (κ2) is 8.67. The fourth-order valence-corrected chi connectivity index (χ4v) is 3.17. The van der Waals surface area contributed by atoms with E-state index in [-0.39, 0.29) is 6.10 Å². The highest BCUT2D eigenvalue weighted by atomic mass is 16.5. The van der Waals surface area contributed by atoms with Crippen LogP contribution in [0, 0.1) is 6.92 Å². The molecule has 2 rings (SSSR count). The zero-order chi connectivity index (χ0) is 16.8. The lowest BCUT2D eigenvalue weighted by molar-refractivity contribution is -0.0335. The highest BCUT2D eigenvalue weighted by molar-refractivity contribution is 5.44. The van der Waals surface area contributed by atoms with E-state index < -0.39 is 0 Å². The lowest BCUT2D eigenvalue weighted by atomic mass is 9.96. The van der Waals surface area contributed by atoms with Crippen molar-refractivity contribution in [2.45, 2.75) is 52.7 Å². The number of hydrogen-bond donors (Lipinski definition) is 1. The Morgan fingerprint density at radius 1 is 1.39 bits per heavy atom. The highest BCUT2D eigenvalue weighted by Crippen LogP contribution is 2.30. The number of aryl methyl sites for hydroxylation is 1. The van der Waals surface area contributed by atoms with Crippen LogP contribution in [0.3, 0.4) is 0 Å². The summed E-state index contributed by atoms with van der Waals surface area (Å²) in [5, 5.41) is 0. The van der Waals surface area contributed by atoms with Crippen molar-refractivity contribution in [3.8, 4) is 5.75 Å². The predicted molar refractivity (Wildman–Crippen MR) is 95.1 cm³/mol. The summed E-state index contributed by atoms with van der Waals surface area (Å²) in [5.74, 6) is 1.50. The van der Waals surface area contributed by atoms with Crippen molar-refractivity contribution < 1.29 is 9.47 Å². The standard InChI is InChI=1S/C19H32N2O2/c1-5-22-19-10-15(4)16(11-18(19)14(2)3)12-21-8-9-23-17(13-21)6-7-20/h10-11,14,17H,5-9,12-13,20H2,1-4H3/t17-/m1/s1. The number of benzene rings is 1. The molecule has 0 bridgehead atoms. The largest absolute Gasteiger partial charge is 0.494 e. The minimum Gasteiger partial charge on any atom is -0.494 e. The van der Waals surface area contributed by atoms with E-state index in [2.05, 4.69) is 37.8 Å². The summed E-state index contributed by atoms with van der Waals surface area (Å²) in [6.07, 6.45) is 1.22. The normalized spacial score (nSPS) is 19.3. The molecule has 0 aromatic heterocycles. The van der Waals surface area contributed by atoms with Crippen molar-refractivity contribution in [2.75, 3.05) is 32.8 Å². The average Bonchev–Trinajstić information content (AvgIpc) is 2.50. The van der Waals surface area contributed by atoms with Gasteiger partial charge < -0.3 is 15.2 Å². The molecular weight excluding hydrogens is 288 g/mol. The van der Waals surface area contributed by atoms with Crippen LogP contribution in [0.2, 0.25) is 0 Å². The molecule has 0 radical (unpaired) electrons. The summed E-state index contributed by atoms with van der Waals surface area (Å²) in [6, 6.07) is 4.53. The van der Waals surface area contributed by atoms with E-state index in [1.807, 2.05) is 6.92 Å². The third kappa shape index (κ3) is 4.93. The Balaban J connectivity index is 2.14. The smallest absolute Gasteiger partial charge is 0.123 e. The lowest BCUT2D eigenvalue weighted by Gasteiger charge is -2.33. The van der Waals surface area contributed by atoms with E-state index in [1.165, 1.54) is 16.7 Å². The van der Waals surface area contributed by atoms with Crippen molar-refractivity contribution in [1.82, 2.24) is 4.90 Å². The SMILES string of the molecule is CCOc1cc(C)c(CN2CCO[C@H](CCN)C2)cc1C(C)C. The zero-order valence-corrected chi connectivity index (χ0v) is 15.1. The van der Waals surface area contributed by atoms with E-state index in [9.17, 15) is 0 Å². The third-order valence-electron chi connectivity index (χ3n) is 4.50. The molecule has 1 aromatic rings. The first kappa shape index (κ1) is 18.2. The summed E-state index contributed by atoms with van der Waals surface area (Å²) in [6.45, 7) is 13.8. The van der Waals surface area contributed by atoms with Crippen LogP contribution >= 0.6 is 0 Å². The first-order valence-electron chi connectivity index (χ1n) is 8.85. The second-order valence-corrected chi connectivity index (χ2v) is 6.71. The molecular formula is C19H32N2O2. The molecule has 0 spiro atoms. The summed E-state index contributed by atoms with van der Waals surface area (Å²) in [5.41, 5.74) is 9.67. The van der Waals surface area contributed by atoms with E-state index in [0.29, 0.717) is 19.1 Å². The number of nitrogens with two attached hydrogens (primary N) is 1. The molecule has 1 atom stereocenters. The number of ether oxygens (including phenoxy) is 2. The van der Waals surface area contributed by atoms with Crippen LogP contribution in [0.5, 0.6) is 5.75 Å². The van der Waals surface area contributed by atoms with Gasteiger partial charge in [-0.1, -0.05) is 19.9 Å². The number of rotatable bonds is 7. The van der Waals surface area contributed by atoms with Crippen molar-refractivity contribution in [3.63, 3.8) is 0 Å². The van der Waals surface area contributed by atoms with E-state index >= 15 is 0 Å². The topological polar surface area (TPSA) is 47.7 Å². The van der Waals surface area contributed by atoms with Gasteiger partial charge in [-0.15, -0.1) is 0 Å². The number of nitrogens with zero attached hydrogens (tertiary/aromatic N) is 1. The molecule has 1 aliphatic heterocycles. The van der Waals surface area contributed by atoms with Gasteiger partial charge in [0.1, 0.15) is 5.75 Å². The van der Waals surface area contributed by atoms with Gasteiger partial charge in [-0.2, -0.15) is 0 Å². The van der Waals surface area contributed by atoms with Gasteiger partial charge in [0.15, 0.2) is 0 Å². The van der Waals surface area contributed by atoms with Crippen LogP contribution in [0.4, 0.5) is 0 Å². The molecule has 4 nitrogen and oxygen atoms in total. The molecule has 1 heterocycles. The van der Waals surface area contributed by atoms with E-state index in [1.54, 1.807) is 0 Å². The Kier molecular flexibility index (Phi) is 6.88. The molecule has 0 saturated carbocycles. The molecule has 0 amide bonds. The molecule has 0 aliphatic carbocycles. The van der Waals surface area contributed by atoms with Crippen molar-refractivity contribution in [2.24, 2.45) is 5.73 Å². The van der Waals surface area contributed by atoms with E-state index in [4.69, 9.17) is 15.2 Å². The maximum Gasteiger partial charge on any atom is 0.123 e. The molecule has 1 saturated heterocycles. The summed E-state index contributed by atoms with van der Waals surface area (Å²) in [4.78, 5) is 2.48. The quantitative estimate of drug-likeness (QED) is 0.839. The van der Waals surface area contributed by atoms with Crippen LogP contribution in [-0.4, -0.2) is 43.9 Å². The molecule has 1 aliphatic rings. The fourth-order valence-electron chi connectivity index (χ4n) is 3.17. The summed E-state index contributed by atoms with van der Waals surface area (Å²) < 4.78 is 11.6. The van der Waals surface area contributed by atoms with Gasteiger partial charge in [0, 0.05) is 19.6 Å². The maximum absolute atomic E-state index is 5.83. The first-order chi connectivity index (χ1) is 11.0. The molecule has 23 heavy (non-hydrogen) atoms. The Morgan fingerprint density at radius 2 is 2.17 bits per heavy atom. The van der Waals surface area contributed by atoms with Crippen LogP contribution in [0.25, 0.3) is 0 Å². The minimum absolute atomic E-state index is 0.279. The average molecular weight is 320 g/mol. The molecule has 1 aromatic carbocycles. The first-order valence-corrected chi connectivity index (χ1v) is 8.85. The van der Waals surface area contributed by atoms with Gasteiger partial charge in [0.25, 0.3) is 0 Å². The third-order valence-corrected chi connectivity index (χ3v) is 4.50. The fraction of sp³-hybridized carbons (Fsp3) is 0.684. The Labute approximate surface area is 140 Å². The van der Waals surface area contributed by atoms with Crippen LogP contribution in [-0.2, 0) is 11.3 Å². The molecule has 4 heteroatoms. The Morgan fingerprint density at radius 3 is 2.83 bits per heavy atom. The van der Waals surface area contributed by atoms with Crippen molar-refractivity contribution >= 4 is 0 Å². The van der Waals surface area contributed by atoms with Crippen LogP contribution < -0.4 is 10.5 Å². The number of hydrogen-bond acceptors (Lipinski definition) is 4. The van der Waals surface area contributed by atoms with Crippen LogP contribution in [0.15, 0.2) is 12.1 Å². The second-order valence-electron chi connectivity index (χ2n) is 6.71. The van der Waals surface area contributed by atoms with Gasteiger partial charge in [-0.3, -0.25) is 4.90 Å². The molecule has 1 fully saturated rings. The lowest BCUT2D eigenvalue weighted by Crippen LogP contribution is -2.42. The van der Waals surface area contributed by atoms with Gasteiger partial charge in [-0.25, -0.2) is 0 Å². The van der Waals surface area contributed by atoms with Gasteiger partial charge in [-0.05, 0) is 55.5 Å². The van der Waals surface area contributed by atoms with Gasteiger partial charge in [0.2, 0.25) is 0 Å². The molecule has 2 N–H and O–H groups in total. The van der Waals surface area contributed by atoms with Crippen molar-refractivity contribution in [1.29, 1.82) is 0 Å². The minimum atomic E-state index is 0.279. The summed E-state index contributed by atoms with van der Waals surface area (Å²) >= 11 is 0. The summed E-state index contributed by atoms with van der Waals surface area (Å²) in [7, 11) is 0. The number of morpholine rings is 1. The van der Waals surface area contributed by atoms with E-state index in [0.717, 1.165) is 38.4 Å². The van der Waals surface area contributed by atoms with Crippen LogP contribution in [0.1, 0.15) is 49.8 Å². The molecule has 130 valence electrons. The van der Waals surface area contributed by atoms with Gasteiger partial charge in [0.05, 0.1) is 19.3 Å². The predicted octanol–water partition coefficient (Wildman–Crippen LogP) is 3.07. The Hall–Kier alpha value is -1.10.